The number of carboxylic acids is 4. The number of carboxylic acid groups (broad SMARTS) is 4. The normalized spacial score (nSPS) is 41.1. The van der Waals surface area contributed by atoms with Gasteiger partial charge in [-0.15, -0.1) is 0 Å². The Labute approximate surface area is 144 Å². The van der Waals surface area contributed by atoms with Crippen LogP contribution in [-0.2, 0) is 19.2 Å². The Hall–Kier alpha value is -2.12. The van der Waals surface area contributed by atoms with E-state index in [-0.39, 0.29) is 12.8 Å². The summed E-state index contributed by atoms with van der Waals surface area (Å²) in [5, 5.41) is 38.5. The van der Waals surface area contributed by atoms with Crippen molar-refractivity contribution in [2.24, 2.45) is 40.4 Å². The largest absolute Gasteiger partial charge is 0.481 e. The van der Waals surface area contributed by atoms with Gasteiger partial charge in [-0.3, -0.25) is 19.2 Å². The summed E-state index contributed by atoms with van der Waals surface area (Å²) in [5.41, 5.74) is -2.68. The lowest BCUT2D eigenvalue weighted by Crippen LogP contribution is -2.74. The highest BCUT2D eigenvalue weighted by molar-refractivity contribution is 5.89. The fourth-order valence-electron chi connectivity index (χ4n) is 5.68. The maximum absolute atomic E-state index is 12.2. The van der Waals surface area contributed by atoms with Gasteiger partial charge in [-0.05, 0) is 30.1 Å². The molecular formula is C17H24O8. The maximum Gasteiger partial charge on any atom is 0.311 e. The summed E-state index contributed by atoms with van der Waals surface area (Å²) in [5.74, 6) is -9.88. The molecule has 0 aromatic heterocycles. The number of aliphatic carboxylic acids is 4. The monoisotopic (exact) mass is 356 g/mol. The molecule has 2 aliphatic carbocycles. The molecule has 7 unspecified atom stereocenters. The first-order valence-electron chi connectivity index (χ1n) is 8.38. The Bertz CT molecular complexity index is 628. The van der Waals surface area contributed by atoms with Crippen molar-refractivity contribution in [3.63, 3.8) is 0 Å². The SMILES string of the molecule is CCC(C)C1(C(=O)O)C(C(=O)O)C2CC(C(=O)O)C(C(=O)O)CC21C. The predicted octanol–water partition coefficient (Wildman–Crippen LogP) is 1.64. The van der Waals surface area contributed by atoms with Crippen LogP contribution in [0.1, 0.15) is 40.0 Å². The van der Waals surface area contributed by atoms with E-state index in [2.05, 4.69) is 0 Å². The van der Waals surface area contributed by atoms with Crippen molar-refractivity contribution in [1.82, 2.24) is 0 Å². The van der Waals surface area contributed by atoms with E-state index in [0.29, 0.717) is 6.42 Å². The molecule has 25 heavy (non-hydrogen) atoms. The molecular weight excluding hydrogens is 332 g/mol. The minimum absolute atomic E-state index is 0.134. The fourth-order valence-corrected chi connectivity index (χ4v) is 5.68. The summed E-state index contributed by atoms with van der Waals surface area (Å²) in [6.45, 7) is 5.05. The third-order valence-electron chi connectivity index (χ3n) is 6.94. The van der Waals surface area contributed by atoms with E-state index < -0.39 is 64.3 Å². The molecule has 8 nitrogen and oxygen atoms in total. The van der Waals surface area contributed by atoms with Crippen LogP contribution in [0, 0.1) is 40.4 Å². The van der Waals surface area contributed by atoms with Crippen LogP contribution in [0.4, 0.5) is 0 Å². The van der Waals surface area contributed by atoms with Crippen molar-refractivity contribution in [2.45, 2.75) is 40.0 Å². The van der Waals surface area contributed by atoms with Crippen molar-refractivity contribution in [1.29, 1.82) is 0 Å². The summed E-state index contributed by atoms with van der Waals surface area (Å²) in [7, 11) is 0. The van der Waals surface area contributed by atoms with Crippen molar-refractivity contribution >= 4 is 23.9 Å². The average Bonchev–Trinajstić information content (AvgIpc) is 2.48. The zero-order valence-corrected chi connectivity index (χ0v) is 14.4. The molecule has 0 heterocycles. The molecule has 2 aliphatic rings. The molecule has 0 spiro atoms. The fraction of sp³-hybridized carbons (Fsp3) is 0.765. The van der Waals surface area contributed by atoms with Crippen LogP contribution in [-0.4, -0.2) is 44.3 Å². The second-order valence-electron chi connectivity index (χ2n) is 7.65. The van der Waals surface area contributed by atoms with Crippen LogP contribution in [0.15, 0.2) is 0 Å². The first-order chi connectivity index (χ1) is 11.5. The second-order valence-corrected chi connectivity index (χ2v) is 7.65. The molecule has 8 heteroatoms. The third kappa shape index (κ3) is 2.26. The smallest absolute Gasteiger partial charge is 0.311 e. The average molecular weight is 356 g/mol. The Morgan fingerprint density at radius 3 is 1.88 bits per heavy atom. The summed E-state index contributed by atoms with van der Waals surface area (Å²) >= 11 is 0. The first-order valence-corrected chi connectivity index (χ1v) is 8.38. The van der Waals surface area contributed by atoms with Gasteiger partial charge in [0.2, 0.25) is 0 Å². The van der Waals surface area contributed by atoms with Gasteiger partial charge in [-0.1, -0.05) is 27.2 Å². The van der Waals surface area contributed by atoms with Gasteiger partial charge in [0.05, 0.1) is 23.2 Å². The minimum atomic E-state index is -1.60. The number of carbonyl (C=O) groups is 4. The van der Waals surface area contributed by atoms with Gasteiger partial charge >= 0.3 is 23.9 Å². The molecule has 140 valence electrons. The van der Waals surface area contributed by atoms with Crippen LogP contribution < -0.4 is 0 Å². The molecule has 0 aromatic rings. The van der Waals surface area contributed by atoms with E-state index in [9.17, 15) is 39.6 Å². The Morgan fingerprint density at radius 2 is 1.52 bits per heavy atom. The van der Waals surface area contributed by atoms with Crippen molar-refractivity contribution < 1.29 is 39.6 Å². The van der Waals surface area contributed by atoms with E-state index in [1.165, 1.54) is 0 Å². The van der Waals surface area contributed by atoms with Crippen molar-refractivity contribution in [3.8, 4) is 0 Å². The van der Waals surface area contributed by atoms with Gasteiger partial charge in [0, 0.05) is 0 Å². The zero-order chi connectivity index (χ0) is 19.3. The third-order valence-corrected chi connectivity index (χ3v) is 6.94. The molecule has 4 N–H and O–H groups in total. The summed E-state index contributed by atoms with van der Waals surface area (Å²) in [4.78, 5) is 47.2. The quantitative estimate of drug-likeness (QED) is 0.561. The molecule has 0 saturated heterocycles. The molecule has 7 atom stereocenters. The van der Waals surface area contributed by atoms with Crippen LogP contribution in [0.5, 0.6) is 0 Å². The Kier molecular flexibility index (Phi) is 4.61. The summed E-state index contributed by atoms with van der Waals surface area (Å²) < 4.78 is 0. The zero-order valence-electron chi connectivity index (χ0n) is 14.4. The maximum atomic E-state index is 12.2. The lowest BCUT2D eigenvalue weighted by atomic mass is 9.31. The van der Waals surface area contributed by atoms with Gasteiger partial charge in [-0.25, -0.2) is 0 Å². The minimum Gasteiger partial charge on any atom is -0.481 e. The molecule has 2 rings (SSSR count). The molecule has 0 bridgehead atoms. The van der Waals surface area contributed by atoms with E-state index in [0.717, 1.165) is 0 Å². The molecule has 0 amide bonds. The van der Waals surface area contributed by atoms with Gasteiger partial charge in [0.15, 0.2) is 0 Å². The van der Waals surface area contributed by atoms with E-state index >= 15 is 0 Å². The van der Waals surface area contributed by atoms with Crippen LogP contribution in [0.25, 0.3) is 0 Å². The van der Waals surface area contributed by atoms with Crippen LogP contribution >= 0.6 is 0 Å². The lowest BCUT2D eigenvalue weighted by molar-refractivity contribution is -0.264. The molecule has 0 radical (unpaired) electrons. The Balaban J connectivity index is 2.61. The lowest BCUT2D eigenvalue weighted by Gasteiger charge is -2.69. The second kappa shape index (κ2) is 6.00. The highest BCUT2D eigenvalue weighted by Crippen LogP contribution is 2.74. The highest BCUT2D eigenvalue weighted by Gasteiger charge is 2.79. The summed E-state index contributed by atoms with van der Waals surface area (Å²) in [6, 6.07) is 0. The topological polar surface area (TPSA) is 149 Å². The number of hydrogen-bond acceptors (Lipinski definition) is 4. The van der Waals surface area contributed by atoms with Crippen LogP contribution in [0.2, 0.25) is 0 Å². The van der Waals surface area contributed by atoms with Crippen LogP contribution in [0.3, 0.4) is 0 Å². The van der Waals surface area contributed by atoms with Gasteiger partial charge in [0.25, 0.3) is 0 Å². The predicted molar refractivity (Wildman–Crippen MR) is 83.7 cm³/mol. The highest BCUT2D eigenvalue weighted by atomic mass is 16.4. The van der Waals surface area contributed by atoms with E-state index in [1.54, 1.807) is 20.8 Å². The number of hydrogen-bond donors (Lipinski definition) is 4. The van der Waals surface area contributed by atoms with E-state index in [4.69, 9.17) is 0 Å². The van der Waals surface area contributed by atoms with Crippen molar-refractivity contribution in [3.05, 3.63) is 0 Å². The Morgan fingerprint density at radius 1 is 1.00 bits per heavy atom. The van der Waals surface area contributed by atoms with Gasteiger partial charge in [-0.2, -0.15) is 0 Å². The van der Waals surface area contributed by atoms with Crippen molar-refractivity contribution in [2.75, 3.05) is 0 Å². The molecule has 2 saturated carbocycles. The first kappa shape index (κ1) is 19.2. The molecule has 2 fully saturated rings. The summed E-state index contributed by atoms with van der Waals surface area (Å²) in [6.07, 6.45) is 0.147. The number of rotatable bonds is 6. The van der Waals surface area contributed by atoms with E-state index in [1.807, 2.05) is 0 Å². The van der Waals surface area contributed by atoms with Gasteiger partial charge < -0.3 is 20.4 Å². The molecule has 0 aromatic carbocycles. The molecule has 0 aliphatic heterocycles. The van der Waals surface area contributed by atoms with Gasteiger partial charge in [0.1, 0.15) is 0 Å². The standard InChI is InChI=1S/C17H24O8/c1-4-7(2)17(15(24)25)11(14(22)23)10-5-8(12(18)19)9(13(20)21)6-16(10,17)3/h7-11H,4-6H2,1-3H3,(H,18,19)(H,20,21)(H,22,23)(H,24,25). The number of fused-ring (bicyclic) bond motifs is 1.